The second kappa shape index (κ2) is 8.00. The quantitative estimate of drug-likeness (QED) is 0.281. The van der Waals surface area contributed by atoms with Crippen molar-refractivity contribution >= 4 is 39.9 Å². The molecule has 5 aromatic rings. The number of esters is 1. The van der Waals surface area contributed by atoms with E-state index in [1.54, 1.807) is 18.3 Å². The van der Waals surface area contributed by atoms with Gasteiger partial charge in [0.2, 0.25) is 11.8 Å². The first-order chi connectivity index (χ1) is 14.8. The van der Waals surface area contributed by atoms with Crippen LogP contribution in [0.25, 0.3) is 22.2 Å². The van der Waals surface area contributed by atoms with Crippen molar-refractivity contribution in [3.63, 3.8) is 0 Å². The standard InChI is InChI=1S/C22H15N3O4S/c26-22(27-12-19-24-15-7-1-3-9-17(15)28-19)14-6-5-11-23-21(14)30-13-20-25-16-8-2-4-10-18(16)29-20/h1-11H,12-13H2. The van der Waals surface area contributed by atoms with Crippen LogP contribution in [0, 0.1) is 0 Å². The highest BCUT2D eigenvalue weighted by Crippen LogP contribution is 2.26. The van der Waals surface area contributed by atoms with Gasteiger partial charge >= 0.3 is 5.97 Å². The highest BCUT2D eigenvalue weighted by atomic mass is 32.2. The second-order valence-corrected chi connectivity index (χ2v) is 7.34. The van der Waals surface area contributed by atoms with Gasteiger partial charge in [-0.1, -0.05) is 36.0 Å². The van der Waals surface area contributed by atoms with Crippen molar-refractivity contribution in [2.45, 2.75) is 17.4 Å². The molecular formula is C22H15N3O4S. The van der Waals surface area contributed by atoms with Crippen molar-refractivity contribution in [2.24, 2.45) is 0 Å². The largest absolute Gasteiger partial charge is 0.452 e. The Bertz CT molecular complexity index is 1280. The van der Waals surface area contributed by atoms with Crippen molar-refractivity contribution in [2.75, 3.05) is 0 Å². The van der Waals surface area contributed by atoms with Crippen LogP contribution in [0.1, 0.15) is 22.1 Å². The Morgan fingerprint density at radius 2 is 1.53 bits per heavy atom. The molecule has 3 heterocycles. The van der Waals surface area contributed by atoms with E-state index in [1.165, 1.54) is 11.8 Å². The van der Waals surface area contributed by atoms with E-state index in [2.05, 4.69) is 15.0 Å². The minimum atomic E-state index is -0.495. The van der Waals surface area contributed by atoms with Gasteiger partial charge in [-0.05, 0) is 36.4 Å². The van der Waals surface area contributed by atoms with Crippen LogP contribution in [-0.2, 0) is 17.1 Å². The lowest BCUT2D eigenvalue weighted by Gasteiger charge is -2.06. The minimum absolute atomic E-state index is 0.0579. The van der Waals surface area contributed by atoms with Gasteiger partial charge in [-0.25, -0.2) is 19.7 Å². The zero-order valence-electron chi connectivity index (χ0n) is 15.6. The van der Waals surface area contributed by atoms with Crippen LogP contribution >= 0.6 is 11.8 Å². The van der Waals surface area contributed by atoms with E-state index in [4.69, 9.17) is 13.6 Å². The predicted molar refractivity (Wildman–Crippen MR) is 111 cm³/mol. The molecule has 0 bridgehead atoms. The van der Waals surface area contributed by atoms with Crippen LogP contribution in [0.3, 0.4) is 0 Å². The average molecular weight is 417 g/mol. The van der Waals surface area contributed by atoms with Crippen LogP contribution in [0.5, 0.6) is 0 Å². The van der Waals surface area contributed by atoms with Crippen molar-refractivity contribution in [3.8, 4) is 0 Å². The maximum Gasteiger partial charge on any atom is 0.341 e. The van der Waals surface area contributed by atoms with E-state index < -0.39 is 5.97 Å². The summed E-state index contributed by atoms with van der Waals surface area (Å²) in [6, 6.07) is 18.3. The van der Waals surface area contributed by atoms with Gasteiger partial charge in [-0.3, -0.25) is 0 Å². The number of aromatic nitrogens is 3. The zero-order chi connectivity index (χ0) is 20.3. The maximum atomic E-state index is 12.6. The van der Waals surface area contributed by atoms with Gasteiger partial charge in [0.05, 0.1) is 11.3 Å². The molecule has 0 spiro atoms. The number of carbonyl (C=O) groups excluding carboxylic acids is 1. The van der Waals surface area contributed by atoms with E-state index >= 15 is 0 Å². The van der Waals surface area contributed by atoms with Gasteiger partial charge in [-0.2, -0.15) is 0 Å². The number of nitrogens with zero attached hydrogens (tertiary/aromatic N) is 3. The third-order valence-electron chi connectivity index (χ3n) is 4.33. The Hall–Kier alpha value is -3.65. The molecule has 0 aliphatic carbocycles. The van der Waals surface area contributed by atoms with Crippen LogP contribution in [0.4, 0.5) is 0 Å². The molecule has 7 nitrogen and oxygen atoms in total. The lowest BCUT2D eigenvalue weighted by molar-refractivity contribution is 0.0435. The highest BCUT2D eigenvalue weighted by Gasteiger charge is 2.17. The molecule has 0 amide bonds. The Morgan fingerprint density at radius 3 is 2.27 bits per heavy atom. The molecule has 0 saturated carbocycles. The molecule has 5 rings (SSSR count). The van der Waals surface area contributed by atoms with Crippen LogP contribution in [-0.4, -0.2) is 20.9 Å². The van der Waals surface area contributed by atoms with Gasteiger partial charge in [0.1, 0.15) is 16.1 Å². The van der Waals surface area contributed by atoms with E-state index in [0.29, 0.717) is 33.7 Å². The maximum absolute atomic E-state index is 12.6. The van der Waals surface area contributed by atoms with Gasteiger partial charge in [0, 0.05) is 6.20 Å². The summed E-state index contributed by atoms with van der Waals surface area (Å²) >= 11 is 1.36. The SMILES string of the molecule is O=C(OCc1nc2ccccc2o1)c1cccnc1SCc1nc2ccccc2o1. The Kier molecular flexibility index (Phi) is 4.90. The molecule has 0 atom stereocenters. The topological polar surface area (TPSA) is 91.2 Å². The van der Waals surface area contributed by atoms with Crippen LogP contribution in [0.2, 0.25) is 0 Å². The molecule has 3 aromatic heterocycles. The predicted octanol–water partition coefficient (Wildman–Crippen LogP) is 5.01. The molecule has 0 unspecified atom stereocenters. The average Bonchev–Trinajstić information content (AvgIpc) is 3.39. The molecule has 148 valence electrons. The van der Waals surface area contributed by atoms with Crippen LogP contribution in [0.15, 0.2) is 80.7 Å². The van der Waals surface area contributed by atoms with Crippen molar-refractivity contribution in [3.05, 3.63) is 84.2 Å². The molecule has 0 N–H and O–H groups in total. The number of rotatable bonds is 6. The number of pyridine rings is 1. The molecule has 0 saturated heterocycles. The number of thioether (sulfide) groups is 1. The van der Waals surface area contributed by atoms with Crippen molar-refractivity contribution in [1.29, 1.82) is 0 Å². The van der Waals surface area contributed by atoms with Crippen molar-refractivity contribution < 1.29 is 18.4 Å². The molecule has 8 heteroatoms. The minimum Gasteiger partial charge on any atom is -0.452 e. The third kappa shape index (κ3) is 3.77. The van der Waals surface area contributed by atoms with Gasteiger partial charge in [-0.15, -0.1) is 0 Å². The summed E-state index contributed by atoms with van der Waals surface area (Å²) in [5.41, 5.74) is 3.27. The number of para-hydroxylation sites is 4. The Labute approximate surface area is 175 Å². The van der Waals surface area contributed by atoms with Crippen molar-refractivity contribution in [1.82, 2.24) is 15.0 Å². The van der Waals surface area contributed by atoms with E-state index in [0.717, 1.165) is 16.6 Å². The number of hydrogen-bond donors (Lipinski definition) is 0. The second-order valence-electron chi connectivity index (χ2n) is 6.37. The first-order valence-corrected chi connectivity index (χ1v) is 10.2. The van der Waals surface area contributed by atoms with E-state index in [9.17, 15) is 4.79 Å². The molecule has 0 aliphatic rings. The smallest absolute Gasteiger partial charge is 0.341 e. The molecule has 0 aliphatic heterocycles. The van der Waals surface area contributed by atoms with Crippen LogP contribution < -0.4 is 0 Å². The number of fused-ring (bicyclic) bond motifs is 2. The Morgan fingerprint density at radius 1 is 0.867 bits per heavy atom. The number of ether oxygens (including phenoxy) is 1. The molecule has 0 radical (unpaired) electrons. The summed E-state index contributed by atoms with van der Waals surface area (Å²) in [4.78, 5) is 25.7. The van der Waals surface area contributed by atoms with Gasteiger partial charge in [0.15, 0.2) is 17.8 Å². The Balaban J connectivity index is 1.27. The highest BCUT2D eigenvalue weighted by molar-refractivity contribution is 7.98. The summed E-state index contributed by atoms with van der Waals surface area (Å²) in [5, 5.41) is 0.544. The number of carbonyl (C=O) groups is 1. The lowest BCUT2D eigenvalue weighted by Crippen LogP contribution is -2.07. The fraction of sp³-hybridized carbons (Fsp3) is 0.0909. The van der Waals surface area contributed by atoms with Gasteiger partial charge < -0.3 is 13.6 Å². The summed E-state index contributed by atoms with van der Waals surface area (Å²) in [5.74, 6) is 0.856. The summed E-state index contributed by atoms with van der Waals surface area (Å²) < 4.78 is 16.7. The fourth-order valence-corrected chi connectivity index (χ4v) is 3.79. The number of oxazole rings is 2. The first kappa shape index (κ1) is 18.4. The summed E-state index contributed by atoms with van der Waals surface area (Å²) in [7, 11) is 0. The monoisotopic (exact) mass is 417 g/mol. The zero-order valence-corrected chi connectivity index (χ0v) is 16.5. The number of hydrogen-bond acceptors (Lipinski definition) is 8. The summed E-state index contributed by atoms with van der Waals surface area (Å²) in [6.45, 7) is -0.0579. The van der Waals surface area contributed by atoms with E-state index in [-0.39, 0.29) is 6.61 Å². The normalized spacial score (nSPS) is 11.2. The molecule has 0 fully saturated rings. The fourth-order valence-electron chi connectivity index (χ4n) is 2.96. The number of benzene rings is 2. The first-order valence-electron chi connectivity index (χ1n) is 9.20. The molecule has 30 heavy (non-hydrogen) atoms. The summed E-state index contributed by atoms with van der Waals surface area (Å²) in [6.07, 6.45) is 1.63. The van der Waals surface area contributed by atoms with E-state index in [1.807, 2.05) is 48.5 Å². The molecule has 2 aromatic carbocycles. The molecular weight excluding hydrogens is 402 g/mol. The third-order valence-corrected chi connectivity index (χ3v) is 5.32. The lowest BCUT2D eigenvalue weighted by atomic mass is 10.3. The van der Waals surface area contributed by atoms with Gasteiger partial charge in [0.25, 0.3) is 0 Å².